The van der Waals surface area contributed by atoms with E-state index in [4.69, 9.17) is 9.47 Å². The molecule has 1 amide bonds. The minimum atomic E-state index is -4.66. The van der Waals surface area contributed by atoms with Crippen LogP contribution in [0.25, 0.3) is 5.76 Å². The summed E-state index contributed by atoms with van der Waals surface area (Å²) in [5.74, 6) is -1.88. The minimum absolute atomic E-state index is 0.144. The number of aliphatic hydroxyl groups excluding tert-OH is 1. The summed E-state index contributed by atoms with van der Waals surface area (Å²) in [7, 11) is 2.83. The average Bonchev–Trinajstić information content (AvgIpc) is 3.13. The average molecular weight is 497 g/mol. The number of rotatable bonds is 5. The van der Waals surface area contributed by atoms with E-state index in [-0.39, 0.29) is 22.6 Å². The minimum Gasteiger partial charge on any atom is -0.507 e. The smallest absolute Gasteiger partial charge is 0.416 e. The third-order valence-electron chi connectivity index (χ3n) is 5.94. The molecule has 0 radical (unpaired) electrons. The van der Waals surface area contributed by atoms with Crippen molar-refractivity contribution in [2.75, 3.05) is 19.1 Å². The number of benzene rings is 3. The van der Waals surface area contributed by atoms with Crippen molar-refractivity contribution in [3.63, 3.8) is 0 Å². The van der Waals surface area contributed by atoms with Gasteiger partial charge in [-0.05, 0) is 42.8 Å². The van der Waals surface area contributed by atoms with Gasteiger partial charge in [0.2, 0.25) is 0 Å². The summed E-state index contributed by atoms with van der Waals surface area (Å²) >= 11 is 0. The highest BCUT2D eigenvalue weighted by molar-refractivity contribution is 6.51. The van der Waals surface area contributed by atoms with Gasteiger partial charge in [-0.2, -0.15) is 13.2 Å². The number of halogens is 3. The predicted octanol–water partition coefficient (Wildman–Crippen LogP) is 5.66. The van der Waals surface area contributed by atoms with Crippen LogP contribution in [0.15, 0.2) is 72.3 Å². The first-order valence-electron chi connectivity index (χ1n) is 10.8. The molecule has 4 rings (SSSR count). The summed E-state index contributed by atoms with van der Waals surface area (Å²) < 4.78 is 50.9. The van der Waals surface area contributed by atoms with Gasteiger partial charge in [-0.3, -0.25) is 14.5 Å². The molecule has 0 bridgehead atoms. The molecular weight excluding hydrogens is 475 g/mol. The third-order valence-corrected chi connectivity index (χ3v) is 5.94. The number of carbonyl (C=O) groups excluding carboxylic acids is 2. The standard InChI is InChI=1S/C27H22F3NO5/c1-15-7-9-16(10-8-15)24(32)22-23(17-11-12-20(35-2)21(13-17)36-3)31(26(34)25(22)33)19-6-4-5-18(14-19)27(28,29)30/h4-14,23,32H,1-3H3/b24-22-. The molecule has 0 saturated carbocycles. The highest BCUT2D eigenvalue weighted by atomic mass is 19.4. The maximum absolute atomic E-state index is 13.4. The third kappa shape index (κ3) is 4.39. The molecule has 3 aromatic rings. The number of carbonyl (C=O) groups is 2. The Kier molecular flexibility index (Phi) is 6.49. The molecule has 9 heteroatoms. The Morgan fingerprint density at radius 3 is 2.19 bits per heavy atom. The summed E-state index contributed by atoms with van der Waals surface area (Å²) in [6, 6.07) is 14.2. The zero-order chi connectivity index (χ0) is 26.2. The second-order valence-corrected chi connectivity index (χ2v) is 8.20. The Hall–Kier alpha value is -4.27. The van der Waals surface area contributed by atoms with Crippen LogP contribution < -0.4 is 14.4 Å². The van der Waals surface area contributed by atoms with E-state index >= 15 is 0 Å². The molecule has 3 aromatic carbocycles. The SMILES string of the molecule is COc1ccc(C2/C(=C(/O)c3ccc(C)cc3)C(=O)C(=O)N2c2cccc(C(F)(F)F)c2)cc1OC. The van der Waals surface area contributed by atoms with Crippen molar-refractivity contribution in [3.8, 4) is 11.5 Å². The first-order chi connectivity index (χ1) is 17.1. The van der Waals surface area contributed by atoms with Gasteiger partial charge >= 0.3 is 6.18 Å². The van der Waals surface area contributed by atoms with Crippen molar-refractivity contribution in [2.45, 2.75) is 19.1 Å². The van der Waals surface area contributed by atoms with Crippen molar-refractivity contribution in [1.82, 2.24) is 0 Å². The predicted molar refractivity (Wildman–Crippen MR) is 127 cm³/mol. The largest absolute Gasteiger partial charge is 0.507 e. The van der Waals surface area contributed by atoms with Gasteiger partial charge in [0.1, 0.15) is 5.76 Å². The van der Waals surface area contributed by atoms with Gasteiger partial charge in [0, 0.05) is 11.3 Å². The number of ketones is 1. The van der Waals surface area contributed by atoms with Crippen LogP contribution in [-0.2, 0) is 15.8 Å². The molecule has 0 spiro atoms. The van der Waals surface area contributed by atoms with Crippen LogP contribution in [0.1, 0.15) is 28.3 Å². The maximum Gasteiger partial charge on any atom is 0.416 e. The number of hydrogen-bond acceptors (Lipinski definition) is 5. The molecule has 6 nitrogen and oxygen atoms in total. The Bertz CT molecular complexity index is 1360. The van der Waals surface area contributed by atoms with E-state index in [2.05, 4.69) is 0 Å². The van der Waals surface area contributed by atoms with Crippen molar-refractivity contribution >= 4 is 23.1 Å². The number of aliphatic hydroxyl groups is 1. The second-order valence-electron chi connectivity index (χ2n) is 8.20. The summed E-state index contributed by atoms with van der Waals surface area (Å²) in [5.41, 5.74) is 0.146. The van der Waals surface area contributed by atoms with E-state index < -0.39 is 35.2 Å². The van der Waals surface area contributed by atoms with E-state index in [0.717, 1.165) is 28.7 Å². The number of anilines is 1. The topological polar surface area (TPSA) is 76.1 Å². The molecule has 186 valence electrons. The Morgan fingerprint density at radius 1 is 0.917 bits per heavy atom. The van der Waals surface area contributed by atoms with Gasteiger partial charge in [0.15, 0.2) is 11.5 Å². The molecule has 1 saturated heterocycles. The number of Topliss-reactive ketones (excluding diaryl/α,β-unsaturated/α-hetero) is 1. The zero-order valence-electron chi connectivity index (χ0n) is 19.6. The van der Waals surface area contributed by atoms with E-state index in [0.29, 0.717) is 11.3 Å². The molecule has 36 heavy (non-hydrogen) atoms. The van der Waals surface area contributed by atoms with Crippen LogP contribution in [0, 0.1) is 6.92 Å². The lowest BCUT2D eigenvalue weighted by atomic mass is 9.94. The molecule has 1 unspecified atom stereocenters. The van der Waals surface area contributed by atoms with Crippen LogP contribution in [0.5, 0.6) is 11.5 Å². The summed E-state index contributed by atoms with van der Waals surface area (Å²) in [5, 5.41) is 11.2. The number of aryl methyl sites for hydroxylation is 1. The van der Waals surface area contributed by atoms with Gasteiger partial charge in [-0.1, -0.05) is 42.0 Å². The molecule has 1 fully saturated rings. The monoisotopic (exact) mass is 497 g/mol. The molecule has 0 aliphatic carbocycles. The van der Waals surface area contributed by atoms with E-state index in [1.54, 1.807) is 36.4 Å². The zero-order valence-corrected chi connectivity index (χ0v) is 19.6. The number of methoxy groups -OCH3 is 2. The molecular formula is C27H22F3NO5. The lowest BCUT2D eigenvalue weighted by Gasteiger charge is -2.26. The summed E-state index contributed by atoms with van der Waals surface area (Å²) in [4.78, 5) is 27.4. The number of alkyl halides is 3. The number of nitrogens with zero attached hydrogens (tertiary/aromatic N) is 1. The second kappa shape index (κ2) is 9.41. The highest BCUT2D eigenvalue weighted by Gasteiger charge is 2.47. The lowest BCUT2D eigenvalue weighted by molar-refractivity contribution is -0.137. The Labute approximate surface area is 205 Å². The number of amides is 1. The fourth-order valence-electron chi connectivity index (χ4n) is 4.14. The van der Waals surface area contributed by atoms with Crippen LogP contribution in [0.2, 0.25) is 0 Å². The fraction of sp³-hybridized carbons (Fsp3) is 0.185. The highest BCUT2D eigenvalue weighted by Crippen LogP contribution is 2.45. The first kappa shape index (κ1) is 24.8. The fourth-order valence-corrected chi connectivity index (χ4v) is 4.14. The van der Waals surface area contributed by atoms with Crippen molar-refractivity contribution in [3.05, 3.63) is 94.6 Å². The Balaban J connectivity index is 1.97. The number of hydrogen-bond donors (Lipinski definition) is 1. The van der Waals surface area contributed by atoms with Crippen molar-refractivity contribution < 1.29 is 37.3 Å². The molecule has 0 aromatic heterocycles. The molecule has 1 N–H and O–H groups in total. The van der Waals surface area contributed by atoms with E-state index in [9.17, 15) is 27.9 Å². The maximum atomic E-state index is 13.4. The van der Waals surface area contributed by atoms with Crippen LogP contribution >= 0.6 is 0 Å². The number of ether oxygens (including phenoxy) is 2. The quantitative estimate of drug-likeness (QED) is 0.280. The molecule has 1 aliphatic rings. The molecule has 1 atom stereocenters. The first-order valence-corrected chi connectivity index (χ1v) is 10.8. The van der Waals surface area contributed by atoms with Crippen molar-refractivity contribution in [2.24, 2.45) is 0 Å². The lowest BCUT2D eigenvalue weighted by Crippen LogP contribution is -2.29. The van der Waals surface area contributed by atoms with Gasteiger partial charge < -0.3 is 14.6 Å². The van der Waals surface area contributed by atoms with Gasteiger partial charge in [0.25, 0.3) is 11.7 Å². The normalized spacial score (nSPS) is 17.4. The summed E-state index contributed by atoms with van der Waals surface area (Å²) in [6.45, 7) is 1.85. The van der Waals surface area contributed by atoms with Crippen LogP contribution in [-0.4, -0.2) is 31.0 Å². The molecule has 1 heterocycles. The molecule has 1 aliphatic heterocycles. The van der Waals surface area contributed by atoms with Gasteiger partial charge in [-0.25, -0.2) is 0 Å². The van der Waals surface area contributed by atoms with Crippen LogP contribution in [0.3, 0.4) is 0 Å². The van der Waals surface area contributed by atoms with E-state index in [1.165, 1.54) is 26.4 Å². The van der Waals surface area contributed by atoms with Gasteiger partial charge in [-0.15, -0.1) is 0 Å². The van der Waals surface area contributed by atoms with Gasteiger partial charge in [0.05, 0.1) is 31.4 Å². The van der Waals surface area contributed by atoms with E-state index in [1.807, 2.05) is 6.92 Å². The van der Waals surface area contributed by atoms with Crippen LogP contribution in [0.4, 0.5) is 18.9 Å². The van der Waals surface area contributed by atoms with Crippen molar-refractivity contribution in [1.29, 1.82) is 0 Å². The summed E-state index contributed by atoms with van der Waals surface area (Å²) in [6.07, 6.45) is -4.66. The Morgan fingerprint density at radius 2 is 1.58 bits per heavy atom.